The van der Waals surface area contributed by atoms with Crippen molar-refractivity contribution in [3.05, 3.63) is 28.5 Å². The van der Waals surface area contributed by atoms with Crippen molar-refractivity contribution < 1.29 is 18.7 Å². The Bertz CT molecular complexity index is 631. The highest BCUT2D eigenvalue weighted by Crippen LogP contribution is 2.24. The highest BCUT2D eigenvalue weighted by Gasteiger charge is 2.35. The molecule has 0 bridgehead atoms. The van der Waals surface area contributed by atoms with Crippen LogP contribution >= 0.6 is 15.9 Å². The van der Waals surface area contributed by atoms with Gasteiger partial charge in [-0.25, -0.2) is 9.18 Å². The molecule has 1 aromatic rings. The lowest BCUT2D eigenvalue weighted by Gasteiger charge is -2.35. The maximum absolute atomic E-state index is 13.9. The van der Waals surface area contributed by atoms with E-state index in [1.54, 1.807) is 26.8 Å². The lowest BCUT2D eigenvalue weighted by Crippen LogP contribution is -2.51. The van der Waals surface area contributed by atoms with E-state index in [1.807, 2.05) is 0 Å². The van der Waals surface area contributed by atoms with E-state index < -0.39 is 29.5 Å². The number of hydrogen-bond donors (Lipinski definition) is 1. The number of likely N-dealkylation sites (tertiary alicyclic amines) is 1. The molecule has 0 radical (unpaired) electrons. The topological polar surface area (TPSA) is 58.6 Å². The Labute approximate surface area is 149 Å². The van der Waals surface area contributed by atoms with Gasteiger partial charge in [-0.3, -0.25) is 9.69 Å². The third-order valence-electron chi connectivity index (χ3n) is 3.62. The summed E-state index contributed by atoms with van der Waals surface area (Å²) >= 11 is 3.17. The fourth-order valence-corrected chi connectivity index (χ4v) is 2.88. The standard InChI is InChI=1S/C17H22BrFN2O3/c1-17(2,3)24-16(23)21-9-5-4-6-14(21)15(22)20-13-8-7-11(18)10-12(13)19/h7-8,10,14H,4-6,9H2,1-3H3,(H,20,22). The third-order valence-corrected chi connectivity index (χ3v) is 4.12. The number of carbonyl (C=O) groups is 2. The van der Waals surface area contributed by atoms with E-state index in [0.717, 1.165) is 12.8 Å². The predicted octanol–water partition coefficient (Wildman–Crippen LogP) is 4.32. The zero-order chi connectivity index (χ0) is 17.9. The maximum atomic E-state index is 13.9. The van der Waals surface area contributed by atoms with Crippen molar-refractivity contribution in [1.29, 1.82) is 0 Å². The number of nitrogens with one attached hydrogen (secondary N) is 1. The third kappa shape index (κ3) is 4.93. The van der Waals surface area contributed by atoms with Crippen molar-refractivity contribution in [2.75, 3.05) is 11.9 Å². The van der Waals surface area contributed by atoms with Gasteiger partial charge in [-0.1, -0.05) is 15.9 Å². The second-order valence-corrected chi connectivity index (χ2v) is 7.71. The first-order chi connectivity index (χ1) is 11.2. The number of carbonyl (C=O) groups excluding carboxylic acids is 2. The number of halogens is 2. The van der Waals surface area contributed by atoms with Gasteiger partial charge in [0.2, 0.25) is 5.91 Å². The van der Waals surface area contributed by atoms with E-state index in [0.29, 0.717) is 17.4 Å². The molecular weight excluding hydrogens is 379 g/mol. The van der Waals surface area contributed by atoms with Gasteiger partial charge in [0, 0.05) is 11.0 Å². The molecule has 24 heavy (non-hydrogen) atoms. The second kappa shape index (κ2) is 7.51. The van der Waals surface area contributed by atoms with Gasteiger partial charge in [-0.05, 0) is 58.2 Å². The smallest absolute Gasteiger partial charge is 0.410 e. The molecule has 1 unspecified atom stereocenters. The minimum absolute atomic E-state index is 0.0953. The van der Waals surface area contributed by atoms with E-state index >= 15 is 0 Å². The summed E-state index contributed by atoms with van der Waals surface area (Å²) in [5.41, 5.74) is -0.536. The first-order valence-electron chi connectivity index (χ1n) is 7.93. The molecule has 0 aliphatic carbocycles. The Hall–Kier alpha value is -1.63. The Morgan fingerprint density at radius 1 is 1.33 bits per heavy atom. The molecule has 0 saturated carbocycles. The van der Waals surface area contributed by atoms with Crippen LogP contribution in [0.15, 0.2) is 22.7 Å². The summed E-state index contributed by atoms with van der Waals surface area (Å²) < 4.78 is 19.9. The zero-order valence-electron chi connectivity index (χ0n) is 14.1. The number of anilines is 1. The quantitative estimate of drug-likeness (QED) is 0.803. The van der Waals surface area contributed by atoms with Crippen molar-refractivity contribution in [2.24, 2.45) is 0 Å². The van der Waals surface area contributed by atoms with Crippen molar-refractivity contribution in [3.8, 4) is 0 Å². The fraction of sp³-hybridized carbons (Fsp3) is 0.529. The molecule has 1 aromatic carbocycles. The Morgan fingerprint density at radius 2 is 2.04 bits per heavy atom. The van der Waals surface area contributed by atoms with Crippen LogP contribution in [-0.2, 0) is 9.53 Å². The number of ether oxygens (including phenoxy) is 1. The average Bonchev–Trinajstić information content (AvgIpc) is 2.48. The zero-order valence-corrected chi connectivity index (χ0v) is 15.7. The second-order valence-electron chi connectivity index (χ2n) is 6.80. The molecule has 1 aliphatic rings. The highest BCUT2D eigenvalue weighted by molar-refractivity contribution is 9.10. The summed E-state index contributed by atoms with van der Waals surface area (Å²) in [5, 5.41) is 2.57. The summed E-state index contributed by atoms with van der Waals surface area (Å²) in [4.78, 5) is 26.3. The van der Waals surface area contributed by atoms with E-state index in [2.05, 4.69) is 21.2 Å². The van der Waals surface area contributed by atoms with Crippen LogP contribution in [0.25, 0.3) is 0 Å². The molecule has 2 amide bonds. The summed E-state index contributed by atoms with van der Waals surface area (Å²) in [6.07, 6.45) is 1.66. The monoisotopic (exact) mass is 400 g/mol. The molecule has 1 heterocycles. The van der Waals surface area contributed by atoms with Gasteiger partial charge in [0.15, 0.2) is 0 Å². The molecule has 5 nitrogen and oxygen atoms in total. The molecular formula is C17H22BrFN2O3. The van der Waals surface area contributed by atoms with Gasteiger partial charge >= 0.3 is 6.09 Å². The Morgan fingerprint density at radius 3 is 2.67 bits per heavy atom. The number of rotatable bonds is 2. The van der Waals surface area contributed by atoms with Gasteiger partial charge < -0.3 is 10.1 Å². The van der Waals surface area contributed by atoms with Crippen molar-refractivity contribution >= 4 is 33.6 Å². The van der Waals surface area contributed by atoms with Crippen LogP contribution in [0.3, 0.4) is 0 Å². The summed E-state index contributed by atoms with van der Waals surface area (Å²) in [6.45, 7) is 5.79. The number of nitrogens with zero attached hydrogens (tertiary/aromatic N) is 1. The number of piperidine rings is 1. The van der Waals surface area contributed by atoms with Crippen molar-refractivity contribution in [1.82, 2.24) is 4.90 Å². The number of amides is 2. The summed E-state index contributed by atoms with van der Waals surface area (Å²) in [5.74, 6) is -0.931. The molecule has 7 heteroatoms. The molecule has 0 spiro atoms. The Kier molecular flexibility index (Phi) is 5.85. The van der Waals surface area contributed by atoms with E-state index in [1.165, 1.54) is 17.0 Å². The highest BCUT2D eigenvalue weighted by atomic mass is 79.9. The van der Waals surface area contributed by atoms with Crippen LogP contribution < -0.4 is 5.32 Å². The van der Waals surface area contributed by atoms with Crippen LogP contribution in [-0.4, -0.2) is 35.1 Å². The van der Waals surface area contributed by atoms with Gasteiger partial charge in [0.25, 0.3) is 0 Å². The number of hydrogen-bond acceptors (Lipinski definition) is 3. The van der Waals surface area contributed by atoms with Crippen LogP contribution in [0.2, 0.25) is 0 Å². The van der Waals surface area contributed by atoms with Crippen LogP contribution in [0.5, 0.6) is 0 Å². The van der Waals surface area contributed by atoms with E-state index in [-0.39, 0.29) is 5.69 Å². The minimum atomic E-state index is -0.656. The summed E-state index contributed by atoms with van der Waals surface area (Å²) in [7, 11) is 0. The van der Waals surface area contributed by atoms with Gasteiger partial charge in [0.1, 0.15) is 17.5 Å². The van der Waals surface area contributed by atoms with Crippen LogP contribution in [0.1, 0.15) is 40.0 Å². The largest absolute Gasteiger partial charge is 0.444 e. The van der Waals surface area contributed by atoms with Gasteiger partial charge in [-0.15, -0.1) is 0 Å². The van der Waals surface area contributed by atoms with Crippen LogP contribution in [0.4, 0.5) is 14.9 Å². The molecule has 1 fully saturated rings. The fourth-order valence-electron chi connectivity index (χ4n) is 2.55. The van der Waals surface area contributed by atoms with E-state index in [9.17, 15) is 14.0 Å². The predicted molar refractivity (Wildman–Crippen MR) is 93.3 cm³/mol. The van der Waals surface area contributed by atoms with Gasteiger partial charge in [0.05, 0.1) is 5.69 Å². The Balaban J connectivity index is 2.11. The SMILES string of the molecule is CC(C)(C)OC(=O)N1CCCCC1C(=O)Nc1ccc(Br)cc1F. The lowest BCUT2D eigenvalue weighted by atomic mass is 10.0. The first kappa shape index (κ1) is 18.7. The molecule has 132 valence electrons. The molecule has 1 N–H and O–H groups in total. The van der Waals surface area contributed by atoms with E-state index in [4.69, 9.17) is 4.74 Å². The van der Waals surface area contributed by atoms with Crippen molar-refractivity contribution in [2.45, 2.75) is 51.7 Å². The lowest BCUT2D eigenvalue weighted by molar-refractivity contribution is -0.122. The molecule has 1 aliphatic heterocycles. The maximum Gasteiger partial charge on any atom is 0.410 e. The molecule has 0 aromatic heterocycles. The van der Waals surface area contributed by atoms with Crippen molar-refractivity contribution in [3.63, 3.8) is 0 Å². The molecule has 2 rings (SSSR count). The average molecular weight is 401 g/mol. The summed E-state index contributed by atoms with van der Waals surface area (Å²) in [6, 6.07) is 3.75. The first-order valence-corrected chi connectivity index (χ1v) is 8.72. The minimum Gasteiger partial charge on any atom is -0.444 e. The normalized spacial score (nSPS) is 18.2. The molecule has 1 atom stereocenters. The van der Waals surface area contributed by atoms with Gasteiger partial charge in [-0.2, -0.15) is 0 Å². The number of benzene rings is 1. The van der Waals surface area contributed by atoms with Crippen LogP contribution in [0, 0.1) is 5.82 Å². The molecule has 1 saturated heterocycles.